The van der Waals surface area contributed by atoms with E-state index in [-0.39, 0.29) is 5.97 Å². The number of halogens is 1. The van der Waals surface area contributed by atoms with Crippen LogP contribution in [0.4, 0.5) is 5.82 Å². The van der Waals surface area contributed by atoms with E-state index in [1.165, 1.54) is 0 Å². The number of hydrogen-bond acceptors (Lipinski definition) is 5. The summed E-state index contributed by atoms with van der Waals surface area (Å²) in [4.78, 5) is 20.7. The standard InChI is InChI=1S/C13H18BrN3O2/c1-3-19-13(18)10-8-12(15-9-11(10)14)17-6-4-16(2)5-7-17/h8-9H,3-7H2,1-2H3. The van der Waals surface area contributed by atoms with Gasteiger partial charge in [0.25, 0.3) is 0 Å². The van der Waals surface area contributed by atoms with E-state index in [1.54, 1.807) is 19.2 Å². The van der Waals surface area contributed by atoms with Gasteiger partial charge in [-0.2, -0.15) is 0 Å². The largest absolute Gasteiger partial charge is 0.462 e. The number of carbonyl (C=O) groups excluding carboxylic acids is 1. The molecule has 0 N–H and O–H groups in total. The first kappa shape index (κ1) is 14.3. The zero-order valence-electron chi connectivity index (χ0n) is 11.2. The van der Waals surface area contributed by atoms with Crippen molar-refractivity contribution in [1.82, 2.24) is 9.88 Å². The lowest BCUT2D eigenvalue weighted by Gasteiger charge is -2.33. The van der Waals surface area contributed by atoms with Crippen LogP contribution in [-0.2, 0) is 4.74 Å². The van der Waals surface area contributed by atoms with Gasteiger partial charge in [0.05, 0.1) is 16.6 Å². The van der Waals surface area contributed by atoms with Crippen LogP contribution in [0.15, 0.2) is 16.7 Å². The molecule has 19 heavy (non-hydrogen) atoms. The number of likely N-dealkylation sites (N-methyl/N-ethyl adjacent to an activating group) is 1. The number of piperazine rings is 1. The summed E-state index contributed by atoms with van der Waals surface area (Å²) in [6.07, 6.45) is 1.67. The molecule has 1 aromatic heterocycles. The van der Waals surface area contributed by atoms with Crippen LogP contribution in [-0.4, -0.2) is 55.7 Å². The molecule has 2 rings (SSSR count). The Bertz CT molecular complexity index is 459. The van der Waals surface area contributed by atoms with Gasteiger partial charge in [-0.05, 0) is 36.0 Å². The van der Waals surface area contributed by atoms with E-state index in [1.807, 2.05) is 0 Å². The van der Waals surface area contributed by atoms with Gasteiger partial charge >= 0.3 is 5.97 Å². The van der Waals surface area contributed by atoms with Crippen molar-refractivity contribution in [1.29, 1.82) is 0 Å². The molecule has 0 aliphatic carbocycles. The van der Waals surface area contributed by atoms with E-state index in [0.29, 0.717) is 16.6 Å². The third kappa shape index (κ3) is 3.45. The lowest BCUT2D eigenvalue weighted by Crippen LogP contribution is -2.44. The average molecular weight is 328 g/mol. The maximum atomic E-state index is 11.8. The van der Waals surface area contributed by atoms with Gasteiger partial charge in [-0.1, -0.05) is 0 Å². The first-order valence-electron chi connectivity index (χ1n) is 6.38. The van der Waals surface area contributed by atoms with E-state index in [2.05, 4.69) is 37.8 Å². The molecular weight excluding hydrogens is 310 g/mol. The van der Waals surface area contributed by atoms with Gasteiger partial charge in [0.1, 0.15) is 5.82 Å². The minimum atomic E-state index is -0.313. The van der Waals surface area contributed by atoms with Crippen molar-refractivity contribution >= 4 is 27.7 Å². The third-order valence-corrected chi connectivity index (χ3v) is 3.80. The van der Waals surface area contributed by atoms with Crippen LogP contribution in [0.2, 0.25) is 0 Å². The molecule has 2 heterocycles. The first-order chi connectivity index (χ1) is 9.11. The van der Waals surface area contributed by atoms with Crippen molar-refractivity contribution in [3.05, 3.63) is 22.3 Å². The molecule has 0 unspecified atom stereocenters. The van der Waals surface area contributed by atoms with Crippen molar-refractivity contribution in [3.63, 3.8) is 0 Å². The highest BCUT2D eigenvalue weighted by atomic mass is 79.9. The topological polar surface area (TPSA) is 45.7 Å². The fourth-order valence-electron chi connectivity index (χ4n) is 2.00. The van der Waals surface area contributed by atoms with Crippen molar-refractivity contribution < 1.29 is 9.53 Å². The monoisotopic (exact) mass is 327 g/mol. The fourth-order valence-corrected chi connectivity index (χ4v) is 2.38. The fraction of sp³-hybridized carbons (Fsp3) is 0.538. The molecule has 1 aliphatic heterocycles. The number of rotatable bonds is 3. The summed E-state index contributed by atoms with van der Waals surface area (Å²) in [6, 6.07) is 1.80. The Morgan fingerprint density at radius 1 is 1.42 bits per heavy atom. The Morgan fingerprint density at radius 3 is 2.74 bits per heavy atom. The Kier molecular flexibility index (Phi) is 4.76. The van der Waals surface area contributed by atoms with Crippen LogP contribution in [0, 0.1) is 0 Å². The van der Waals surface area contributed by atoms with Crippen LogP contribution in [0.25, 0.3) is 0 Å². The molecule has 0 amide bonds. The van der Waals surface area contributed by atoms with Gasteiger partial charge < -0.3 is 14.5 Å². The first-order valence-corrected chi connectivity index (χ1v) is 7.17. The SMILES string of the molecule is CCOC(=O)c1cc(N2CCN(C)CC2)ncc1Br. The van der Waals surface area contributed by atoms with Gasteiger partial charge in [0, 0.05) is 32.4 Å². The van der Waals surface area contributed by atoms with Crippen molar-refractivity contribution in [2.45, 2.75) is 6.92 Å². The van der Waals surface area contributed by atoms with Gasteiger partial charge in [0.2, 0.25) is 0 Å². The van der Waals surface area contributed by atoms with Gasteiger partial charge in [-0.3, -0.25) is 0 Å². The number of aromatic nitrogens is 1. The van der Waals surface area contributed by atoms with E-state index in [9.17, 15) is 4.79 Å². The van der Waals surface area contributed by atoms with Crippen molar-refractivity contribution in [2.24, 2.45) is 0 Å². The van der Waals surface area contributed by atoms with Crippen LogP contribution in [0.1, 0.15) is 17.3 Å². The summed E-state index contributed by atoms with van der Waals surface area (Å²) in [7, 11) is 2.11. The minimum absolute atomic E-state index is 0.313. The Hall–Kier alpha value is -1.14. The summed E-state index contributed by atoms with van der Waals surface area (Å²) in [6.45, 7) is 6.03. The number of ether oxygens (including phenoxy) is 1. The molecular formula is C13H18BrN3O2. The number of anilines is 1. The molecule has 0 radical (unpaired) electrons. The zero-order chi connectivity index (χ0) is 13.8. The lowest BCUT2D eigenvalue weighted by atomic mass is 10.2. The number of carbonyl (C=O) groups is 1. The Morgan fingerprint density at radius 2 is 2.11 bits per heavy atom. The minimum Gasteiger partial charge on any atom is -0.462 e. The highest BCUT2D eigenvalue weighted by Crippen LogP contribution is 2.22. The predicted molar refractivity (Wildman–Crippen MR) is 77.6 cm³/mol. The van der Waals surface area contributed by atoms with Crippen LogP contribution in [0.5, 0.6) is 0 Å². The Labute approximate surface area is 121 Å². The molecule has 5 nitrogen and oxygen atoms in total. The summed E-state index contributed by atoms with van der Waals surface area (Å²) >= 11 is 3.34. The third-order valence-electron chi connectivity index (χ3n) is 3.16. The van der Waals surface area contributed by atoms with Crippen molar-refractivity contribution in [3.8, 4) is 0 Å². The van der Waals surface area contributed by atoms with E-state index in [4.69, 9.17) is 4.74 Å². The summed E-state index contributed by atoms with van der Waals surface area (Å²) in [5.74, 6) is 0.520. The Balaban J connectivity index is 2.18. The maximum absolute atomic E-state index is 11.8. The molecule has 1 aliphatic rings. The molecule has 6 heteroatoms. The van der Waals surface area contributed by atoms with E-state index < -0.39 is 0 Å². The molecule has 0 bridgehead atoms. The molecule has 104 valence electrons. The van der Waals surface area contributed by atoms with Crippen LogP contribution < -0.4 is 4.90 Å². The highest BCUT2D eigenvalue weighted by Gasteiger charge is 2.18. The molecule has 1 aromatic rings. The second kappa shape index (κ2) is 6.34. The van der Waals surface area contributed by atoms with Crippen molar-refractivity contribution in [2.75, 3.05) is 44.7 Å². The molecule has 0 aromatic carbocycles. The van der Waals surface area contributed by atoms with E-state index >= 15 is 0 Å². The zero-order valence-corrected chi connectivity index (χ0v) is 12.8. The normalized spacial score (nSPS) is 16.5. The van der Waals surface area contributed by atoms with E-state index in [0.717, 1.165) is 32.0 Å². The molecule has 1 fully saturated rings. The number of esters is 1. The highest BCUT2D eigenvalue weighted by molar-refractivity contribution is 9.10. The number of nitrogens with zero attached hydrogens (tertiary/aromatic N) is 3. The summed E-state index contributed by atoms with van der Waals surface area (Å²) in [5, 5.41) is 0. The lowest BCUT2D eigenvalue weighted by molar-refractivity contribution is 0.0525. The quantitative estimate of drug-likeness (QED) is 0.792. The summed E-state index contributed by atoms with van der Waals surface area (Å²) in [5.41, 5.74) is 0.533. The van der Waals surface area contributed by atoms with Crippen LogP contribution >= 0.6 is 15.9 Å². The van der Waals surface area contributed by atoms with Gasteiger partial charge in [-0.15, -0.1) is 0 Å². The second-order valence-corrected chi connectivity index (χ2v) is 5.39. The smallest absolute Gasteiger partial charge is 0.339 e. The van der Waals surface area contributed by atoms with Crippen LogP contribution in [0.3, 0.4) is 0 Å². The molecule has 0 spiro atoms. The maximum Gasteiger partial charge on any atom is 0.339 e. The molecule has 0 saturated carbocycles. The average Bonchev–Trinajstić information content (AvgIpc) is 2.40. The predicted octanol–water partition coefficient (Wildman–Crippen LogP) is 1.77. The number of hydrogen-bond donors (Lipinski definition) is 0. The molecule has 1 saturated heterocycles. The van der Waals surface area contributed by atoms with Gasteiger partial charge in [-0.25, -0.2) is 9.78 Å². The van der Waals surface area contributed by atoms with Gasteiger partial charge in [0.15, 0.2) is 0 Å². The molecule has 0 atom stereocenters. The second-order valence-electron chi connectivity index (χ2n) is 4.53. The number of pyridine rings is 1. The summed E-state index contributed by atoms with van der Waals surface area (Å²) < 4.78 is 5.71.